The van der Waals surface area contributed by atoms with Gasteiger partial charge in [0.05, 0.1) is 6.42 Å². The molecule has 1 aromatic heterocycles. The molecular formula is C13H9F3OS. The lowest BCUT2D eigenvalue weighted by atomic mass is 10.2. The van der Waals surface area contributed by atoms with Crippen molar-refractivity contribution >= 4 is 17.1 Å². The summed E-state index contributed by atoms with van der Waals surface area (Å²) >= 11 is 1.21. The fourth-order valence-electron chi connectivity index (χ4n) is 1.49. The zero-order valence-corrected chi connectivity index (χ0v) is 10.0. The van der Waals surface area contributed by atoms with E-state index in [9.17, 15) is 18.0 Å². The Balaban J connectivity index is 2.15. The van der Waals surface area contributed by atoms with Crippen LogP contribution in [0.2, 0.25) is 0 Å². The van der Waals surface area contributed by atoms with Crippen molar-refractivity contribution in [3.63, 3.8) is 0 Å². The Morgan fingerprint density at radius 1 is 1.06 bits per heavy atom. The highest BCUT2D eigenvalue weighted by Gasteiger charge is 2.37. The lowest BCUT2D eigenvalue weighted by molar-refractivity contribution is -0.170. The second-order valence-corrected chi connectivity index (χ2v) is 4.90. The molecule has 18 heavy (non-hydrogen) atoms. The van der Waals surface area contributed by atoms with Gasteiger partial charge in [-0.2, -0.15) is 13.2 Å². The third-order valence-electron chi connectivity index (χ3n) is 2.37. The van der Waals surface area contributed by atoms with Crippen molar-refractivity contribution in [3.8, 4) is 10.4 Å². The minimum atomic E-state index is -4.75. The predicted molar refractivity (Wildman–Crippen MR) is 64.5 cm³/mol. The van der Waals surface area contributed by atoms with E-state index in [0.717, 1.165) is 10.4 Å². The molecule has 0 fully saturated rings. The van der Waals surface area contributed by atoms with Gasteiger partial charge in [0, 0.05) is 9.75 Å². The summed E-state index contributed by atoms with van der Waals surface area (Å²) in [6, 6.07) is 12.6. The van der Waals surface area contributed by atoms with Crippen molar-refractivity contribution in [2.75, 3.05) is 0 Å². The first-order valence-electron chi connectivity index (χ1n) is 5.21. The van der Waals surface area contributed by atoms with Crippen molar-refractivity contribution in [3.05, 3.63) is 47.3 Å². The Kier molecular flexibility index (Phi) is 3.52. The summed E-state index contributed by atoms with van der Waals surface area (Å²) in [6.07, 6.45) is -5.34. The van der Waals surface area contributed by atoms with E-state index in [1.54, 1.807) is 12.1 Å². The second kappa shape index (κ2) is 4.94. The molecule has 0 aliphatic rings. The van der Waals surface area contributed by atoms with Gasteiger partial charge in [-0.15, -0.1) is 11.3 Å². The quantitative estimate of drug-likeness (QED) is 0.821. The van der Waals surface area contributed by atoms with E-state index in [2.05, 4.69) is 0 Å². The van der Waals surface area contributed by atoms with Crippen LogP contribution in [0.15, 0.2) is 42.5 Å². The number of alkyl halides is 3. The molecule has 0 spiro atoms. The van der Waals surface area contributed by atoms with Crippen molar-refractivity contribution in [1.82, 2.24) is 0 Å². The zero-order valence-electron chi connectivity index (χ0n) is 9.20. The summed E-state index contributed by atoms with van der Waals surface area (Å²) in [4.78, 5) is 12.2. The Morgan fingerprint density at radius 2 is 1.72 bits per heavy atom. The topological polar surface area (TPSA) is 17.1 Å². The number of halogens is 3. The number of ketones is 1. The standard InChI is InChI=1S/C13H9F3OS/c14-13(15,16)12(17)8-10-6-7-11(18-10)9-4-2-1-3-5-9/h1-7H,8H2. The van der Waals surface area contributed by atoms with Crippen molar-refractivity contribution in [1.29, 1.82) is 0 Å². The van der Waals surface area contributed by atoms with E-state index >= 15 is 0 Å². The summed E-state index contributed by atoms with van der Waals surface area (Å²) in [5.41, 5.74) is 0.938. The number of hydrogen-bond donors (Lipinski definition) is 0. The molecule has 0 saturated carbocycles. The molecule has 0 saturated heterocycles. The smallest absolute Gasteiger partial charge is 0.289 e. The minimum absolute atomic E-state index is 0.427. The second-order valence-electron chi connectivity index (χ2n) is 3.73. The van der Waals surface area contributed by atoms with Gasteiger partial charge < -0.3 is 0 Å². The Bertz CT molecular complexity index is 543. The Morgan fingerprint density at radius 3 is 2.33 bits per heavy atom. The SMILES string of the molecule is O=C(Cc1ccc(-c2ccccc2)s1)C(F)(F)F. The Hall–Kier alpha value is -1.62. The number of benzene rings is 1. The molecule has 2 aromatic rings. The molecule has 2 rings (SSSR count). The minimum Gasteiger partial charge on any atom is -0.289 e. The number of hydrogen-bond acceptors (Lipinski definition) is 2. The number of rotatable bonds is 3. The van der Waals surface area contributed by atoms with Crippen molar-refractivity contribution < 1.29 is 18.0 Å². The monoisotopic (exact) mass is 270 g/mol. The normalized spacial score (nSPS) is 11.5. The lowest BCUT2D eigenvalue weighted by Gasteiger charge is -2.02. The van der Waals surface area contributed by atoms with Gasteiger partial charge in [-0.25, -0.2) is 0 Å². The van der Waals surface area contributed by atoms with E-state index in [1.165, 1.54) is 11.3 Å². The maximum absolute atomic E-state index is 12.1. The van der Waals surface area contributed by atoms with E-state index in [4.69, 9.17) is 0 Å². The predicted octanol–water partition coefficient (Wildman–Crippen LogP) is 4.09. The van der Waals surface area contributed by atoms with E-state index < -0.39 is 18.4 Å². The number of thiophene rings is 1. The Labute approximate surface area is 106 Å². The van der Waals surface area contributed by atoms with E-state index in [1.807, 2.05) is 30.3 Å². The third kappa shape index (κ3) is 2.98. The fourth-order valence-corrected chi connectivity index (χ4v) is 2.50. The molecule has 5 heteroatoms. The first kappa shape index (κ1) is 12.8. The average Bonchev–Trinajstić information content (AvgIpc) is 2.77. The van der Waals surface area contributed by atoms with E-state index in [-0.39, 0.29) is 0 Å². The van der Waals surface area contributed by atoms with Gasteiger partial charge in [-0.3, -0.25) is 4.79 Å². The van der Waals surface area contributed by atoms with Crippen LogP contribution in [0.4, 0.5) is 13.2 Å². The molecule has 0 radical (unpaired) electrons. The number of carbonyl (C=O) groups is 1. The molecule has 0 aliphatic heterocycles. The molecule has 0 unspecified atom stereocenters. The summed E-state index contributed by atoms with van der Waals surface area (Å²) in [6.45, 7) is 0. The first-order chi connectivity index (χ1) is 8.47. The van der Waals surface area contributed by atoms with E-state index in [0.29, 0.717) is 4.88 Å². The van der Waals surface area contributed by atoms with Crippen LogP contribution in [0, 0.1) is 0 Å². The van der Waals surface area contributed by atoms with Crippen LogP contribution in [0.1, 0.15) is 4.88 Å². The molecular weight excluding hydrogens is 261 g/mol. The van der Waals surface area contributed by atoms with Crippen LogP contribution in [-0.4, -0.2) is 12.0 Å². The van der Waals surface area contributed by atoms with Gasteiger partial charge in [-0.05, 0) is 17.7 Å². The van der Waals surface area contributed by atoms with Gasteiger partial charge >= 0.3 is 6.18 Å². The van der Waals surface area contributed by atoms with Crippen LogP contribution < -0.4 is 0 Å². The van der Waals surface area contributed by atoms with Crippen molar-refractivity contribution in [2.24, 2.45) is 0 Å². The summed E-state index contributed by atoms with van der Waals surface area (Å²) < 4.78 is 36.4. The largest absolute Gasteiger partial charge is 0.450 e. The number of carbonyl (C=O) groups excluding carboxylic acids is 1. The van der Waals surface area contributed by atoms with Gasteiger partial charge in [0.1, 0.15) is 0 Å². The van der Waals surface area contributed by atoms with Crippen LogP contribution in [0.25, 0.3) is 10.4 Å². The number of Topliss-reactive ketones (excluding diaryl/α,β-unsaturated/α-hetero) is 1. The molecule has 1 aromatic carbocycles. The van der Waals surface area contributed by atoms with Gasteiger partial charge in [0.15, 0.2) is 0 Å². The molecule has 0 bridgehead atoms. The van der Waals surface area contributed by atoms with Crippen LogP contribution in [-0.2, 0) is 11.2 Å². The highest BCUT2D eigenvalue weighted by atomic mass is 32.1. The van der Waals surface area contributed by atoms with Gasteiger partial charge in [0.2, 0.25) is 5.78 Å². The van der Waals surface area contributed by atoms with Gasteiger partial charge in [0.25, 0.3) is 0 Å². The average molecular weight is 270 g/mol. The maximum atomic E-state index is 12.1. The molecule has 94 valence electrons. The highest BCUT2D eigenvalue weighted by Crippen LogP contribution is 2.29. The highest BCUT2D eigenvalue weighted by molar-refractivity contribution is 7.15. The summed E-state index contributed by atoms with van der Waals surface area (Å²) in [5, 5.41) is 0. The lowest BCUT2D eigenvalue weighted by Crippen LogP contribution is -2.24. The fraction of sp³-hybridized carbons (Fsp3) is 0.154. The molecule has 0 amide bonds. The third-order valence-corrected chi connectivity index (χ3v) is 3.51. The first-order valence-corrected chi connectivity index (χ1v) is 6.02. The van der Waals surface area contributed by atoms with Crippen LogP contribution in [0.3, 0.4) is 0 Å². The molecule has 1 nitrogen and oxygen atoms in total. The summed E-state index contributed by atoms with van der Waals surface area (Å²) in [7, 11) is 0. The maximum Gasteiger partial charge on any atom is 0.450 e. The summed E-state index contributed by atoms with van der Waals surface area (Å²) in [5.74, 6) is -1.70. The molecule has 0 N–H and O–H groups in total. The van der Waals surface area contributed by atoms with Crippen LogP contribution >= 0.6 is 11.3 Å². The zero-order chi connectivity index (χ0) is 13.2. The van der Waals surface area contributed by atoms with Gasteiger partial charge in [-0.1, -0.05) is 30.3 Å². The van der Waals surface area contributed by atoms with Crippen molar-refractivity contribution in [2.45, 2.75) is 12.6 Å². The molecule has 0 aliphatic carbocycles. The van der Waals surface area contributed by atoms with Crippen LogP contribution in [0.5, 0.6) is 0 Å². The molecule has 0 atom stereocenters. The molecule has 1 heterocycles.